The van der Waals surface area contributed by atoms with E-state index in [0.717, 1.165) is 19.3 Å². The highest BCUT2D eigenvalue weighted by molar-refractivity contribution is 7.89. The number of nitrogens with one attached hydrogen (secondary N) is 1. The number of halogens is 1. The number of carbonyl (C=O) groups is 1. The van der Waals surface area contributed by atoms with Crippen LogP contribution in [0.25, 0.3) is 0 Å². The molecule has 0 atom stereocenters. The fraction of sp³-hybridized carbons (Fsp3) is 0.500. The molecule has 21 heavy (non-hydrogen) atoms. The fourth-order valence-electron chi connectivity index (χ4n) is 1.82. The van der Waals surface area contributed by atoms with E-state index in [1.807, 2.05) is 0 Å². The number of sulfonamides is 1. The largest absolute Gasteiger partial charge is 0.326 e. The lowest BCUT2D eigenvalue weighted by Crippen LogP contribution is -2.28. The molecular formula is C14H21ClN2O3S. The first-order valence-electron chi connectivity index (χ1n) is 6.78. The molecule has 118 valence electrons. The Balaban J connectivity index is 2.70. The maximum Gasteiger partial charge on any atom is 0.242 e. The van der Waals surface area contributed by atoms with Crippen molar-refractivity contribution >= 4 is 33.2 Å². The lowest BCUT2D eigenvalue weighted by molar-refractivity contribution is -0.114. The summed E-state index contributed by atoms with van der Waals surface area (Å²) >= 11 is 5.59. The highest BCUT2D eigenvalue weighted by Gasteiger charge is 2.20. The number of hydrogen-bond acceptors (Lipinski definition) is 3. The molecule has 5 nitrogen and oxygen atoms in total. The first kappa shape index (κ1) is 17.9. The zero-order chi connectivity index (χ0) is 15.9. The maximum atomic E-state index is 12.3. The molecule has 0 aliphatic carbocycles. The van der Waals surface area contributed by atoms with Crippen molar-refractivity contribution in [3.63, 3.8) is 0 Å². The summed E-state index contributed by atoms with van der Waals surface area (Å²) in [7, 11) is -1.92. The normalized spacial score (nSPS) is 11.6. The Bertz CT molecular complexity index is 558. The summed E-state index contributed by atoms with van der Waals surface area (Å²) in [4.78, 5) is 11.1. The molecule has 0 aromatic heterocycles. The lowest BCUT2D eigenvalue weighted by atomic mass is 10.2. The molecule has 0 spiro atoms. The Morgan fingerprint density at radius 1 is 1.19 bits per heavy atom. The molecule has 1 rings (SSSR count). The van der Waals surface area contributed by atoms with Crippen molar-refractivity contribution in [1.29, 1.82) is 0 Å². The molecule has 0 aliphatic rings. The highest BCUT2D eigenvalue weighted by atomic mass is 35.5. The van der Waals surface area contributed by atoms with E-state index in [1.54, 1.807) is 19.2 Å². The summed E-state index contributed by atoms with van der Waals surface area (Å²) in [5.74, 6) is 0.406. The Hall–Kier alpha value is -1.11. The van der Waals surface area contributed by atoms with Crippen LogP contribution in [0.5, 0.6) is 0 Å². The summed E-state index contributed by atoms with van der Waals surface area (Å²) in [6, 6.07) is 6.15. The van der Waals surface area contributed by atoms with Crippen LogP contribution < -0.4 is 5.32 Å². The molecule has 0 heterocycles. The van der Waals surface area contributed by atoms with Crippen molar-refractivity contribution in [1.82, 2.24) is 4.31 Å². The predicted octanol–water partition coefficient (Wildman–Crippen LogP) is 2.67. The number of nitrogens with zero attached hydrogens (tertiary/aromatic N) is 1. The summed E-state index contributed by atoms with van der Waals surface area (Å²) in [6.45, 7) is 1.87. The molecule has 0 saturated carbocycles. The van der Waals surface area contributed by atoms with Gasteiger partial charge in [-0.3, -0.25) is 4.79 Å². The van der Waals surface area contributed by atoms with Gasteiger partial charge in [0.05, 0.1) is 4.90 Å². The molecule has 0 aliphatic heterocycles. The van der Waals surface area contributed by atoms with E-state index in [9.17, 15) is 13.2 Å². The van der Waals surface area contributed by atoms with Crippen molar-refractivity contribution in [2.24, 2.45) is 0 Å². The second kappa shape index (κ2) is 8.36. The van der Waals surface area contributed by atoms with E-state index >= 15 is 0 Å². The van der Waals surface area contributed by atoms with Gasteiger partial charge in [0.2, 0.25) is 15.9 Å². The van der Waals surface area contributed by atoms with Crippen molar-refractivity contribution in [3.05, 3.63) is 24.3 Å². The smallest absolute Gasteiger partial charge is 0.242 e. The molecule has 1 amide bonds. The molecule has 0 unspecified atom stereocenters. The molecule has 0 saturated heterocycles. The van der Waals surface area contributed by atoms with E-state index < -0.39 is 10.0 Å². The summed E-state index contributed by atoms with van der Waals surface area (Å²) < 4.78 is 26.0. The number of carbonyl (C=O) groups excluding carboxylic acids is 1. The van der Waals surface area contributed by atoms with E-state index in [0.29, 0.717) is 18.1 Å². The minimum absolute atomic E-state index is 0.193. The standard InChI is InChI=1S/C14H21ClN2O3S/c1-12(18)16-13-6-8-14(9-7-13)21(19,20)17(2)11-5-3-4-10-15/h6-9H,3-5,10-11H2,1-2H3,(H,16,18). The van der Waals surface area contributed by atoms with Gasteiger partial charge in [-0.1, -0.05) is 6.42 Å². The number of anilines is 1. The molecule has 1 aromatic carbocycles. The zero-order valence-corrected chi connectivity index (χ0v) is 13.9. The Morgan fingerprint density at radius 2 is 1.81 bits per heavy atom. The SMILES string of the molecule is CC(=O)Nc1ccc(S(=O)(=O)N(C)CCCCCCl)cc1. The van der Waals surface area contributed by atoms with Crippen molar-refractivity contribution in [2.45, 2.75) is 31.1 Å². The Labute approximate surface area is 131 Å². The molecule has 7 heteroatoms. The van der Waals surface area contributed by atoms with E-state index in [2.05, 4.69) is 5.32 Å². The number of unbranched alkanes of at least 4 members (excludes halogenated alkanes) is 2. The predicted molar refractivity (Wildman–Crippen MR) is 85.1 cm³/mol. The van der Waals surface area contributed by atoms with Crippen molar-refractivity contribution in [2.75, 3.05) is 24.8 Å². The number of amides is 1. The van der Waals surface area contributed by atoms with Gasteiger partial charge >= 0.3 is 0 Å². The van der Waals surface area contributed by atoms with E-state index in [4.69, 9.17) is 11.6 Å². The van der Waals surface area contributed by atoms with Gasteiger partial charge in [0.15, 0.2) is 0 Å². The van der Waals surface area contributed by atoms with Gasteiger partial charge in [-0.25, -0.2) is 12.7 Å². The van der Waals surface area contributed by atoms with E-state index in [1.165, 1.54) is 23.4 Å². The highest BCUT2D eigenvalue weighted by Crippen LogP contribution is 2.18. The third-order valence-corrected chi connectivity index (χ3v) is 5.13. The average Bonchev–Trinajstić information content (AvgIpc) is 2.43. The van der Waals surface area contributed by atoms with E-state index in [-0.39, 0.29) is 10.8 Å². The Morgan fingerprint density at radius 3 is 2.33 bits per heavy atom. The van der Waals surface area contributed by atoms with Crippen LogP contribution in [0.3, 0.4) is 0 Å². The first-order valence-corrected chi connectivity index (χ1v) is 8.75. The molecule has 0 bridgehead atoms. The van der Waals surface area contributed by atoms with Gasteiger partial charge in [-0.15, -0.1) is 11.6 Å². The van der Waals surface area contributed by atoms with Crippen LogP contribution in [0, 0.1) is 0 Å². The van der Waals surface area contributed by atoms with Crippen LogP contribution in [-0.4, -0.2) is 38.1 Å². The second-order valence-electron chi connectivity index (χ2n) is 4.78. The lowest BCUT2D eigenvalue weighted by Gasteiger charge is -2.17. The average molecular weight is 333 g/mol. The number of hydrogen-bond donors (Lipinski definition) is 1. The van der Waals surface area contributed by atoms with Gasteiger partial charge in [-0.05, 0) is 37.1 Å². The second-order valence-corrected chi connectivity index (χ2v) is 7.20. The minimum Gasteiger partial charge on any atom is -0.326 e. The molecule has 1 aromatic rings. The first-order chi connectivity index (χ1) is 9.87. The van der Waals surface area contributed by atoms with Crippen LogP contribution >= 0.6 is 11.6 Å². The van der Waals surface area contributed by atoms with Gasteiger partial charge < -0.3 is 5.32 Å². The van der Waals surface area contributed by atoms with Crippen LogP contribution in [0.15, 0.2) is 29.2 Å². The summed E-state index contributed by atoms with van der Waals surface area (Å²) in [5.41, 5.74) is 0.575. The maximum absolute atomic E-state index is 12.3. The molecule has 0 radical (unpaired) electrons. The topological polar surface area (TPSA) is 66.5 Å². The zero-order valence-electron chi connectivity index (χ0n) is 12.3. The number of rotatable bonds is 8. The number of benzene rings is 1. The van der Waals surface area contributed by atoms with Crippen LogP contribution in [0.1, 0.15) is 26.2 Å². The minimum atomic E-state index is -3.48. The van der Waals surface area contributed by atoms with Gasteiger partial charge in [0.25, 0.3) is 0 Å². The summed E-state index contributed by atoms with van der Waals surface area (Å²) in [6.07, 6.45) is 2.58. The quantitative estimate of drug-likeness (QED) is 0.588. The molecule has 0 fully saturated rings. The third kappa shape index (κ3) is 5.65. The monoisotopic (exact) mass is 332 g/mol. The summed E-state index contributed by atoms with van der Waals surface area (Å²) in [5, 5.41) is 2.60. The molecule has 1 N–H and O–H groups in total. The number of alkyl halides is 1. The van der Waals surface area contributed by atoms with Gasteiger partial charge in [0, 0.05) is 32.1 Å². The fourth-order valence-corrected chi connectivity index (χ4v) is 3.22. The Kier molecular flexibility index (Phi) is 7.14. The van der Waals surface area contributed by atoms with Crippen LogP contribution in [0.2, 0.25) is 0 Å². The third-order valence-electron chi connectivity index (χ3n) is 2.99. The van der Waals surface area contributed by atoms with Gasteiger partial charge in [-0.2, -0.15) is 0 Å². The van der Waals surface area contributed by atoms with Gasteiger partial charge in [0.1, 0.15) is 0 Å². The van der Waals surface area contributed by atoms with Crippen molar-refractivity contribution < 1.29 is 13.2 Å². The van der Waals surface area contributed by atoms with Crippen LogP contribution in [0.4, 0.5) is 5.69 Å². The molecular weight excluding hydrogens is 312 g/mol. The van der Waals surface area contributed by atoms with Crippen molar-refractivity contribution in [3.8, 4) is 0 Å². The van der Waals surface area contributed by atoms with Crippen LogP contribution in [-0.2, 0) is 14.8 Å².